The van der Waals surface area contributed by atoms with E-state index in [-0.39, 0.29) is 49.6 Å². The van der Waals surface area contributed by atoms with E-state index in [2.05, 4.69) is 15.6 Å². The van der Waals surface area contributed by atoms with Crippen molar-refractivity contribution in [2.45, 2.75) is 75.3 Å². The molecule has 1 aliphatic heterocycles. The van der Waals surface area contributed by atoms with Gasteiger partial charge >= 0.3 is 0 Å². The average Bonchev–Trinajstić information content (AvgIpc) is 3.53. The van der Waals surface area contributed by atoms with Crippen LogP contribution in [0.4, 0.5) is 0 Å². The molecule has 1 fully saturated rings. The molecule has 1 aliphatic carbocycles. The number of hydrogen-bond donors (Lipinski definition) is 3. The Kier molecular flexibility index (Phi) is 7.96. The third-order valence-corrected chi connectivity index (χ3v) is 11.2. The van der Waals surface area contributed by atoms with Crippen molar-refractivity contribution in [2.24, 2.45) is 0 Å². The lowest BCUT2D eigenvalue weighted by Crippen LogP contribution is -2.56. The molecular formula is C26H36ClN5O5S. The molecule has 0 saturated heterocycles. The highest BCUT2D eigenvalue weighted by molar-refractivity contribution is 7.94. The van der Waals surface area contributed by atoms with Gasteiger partial charge in [-0.3, -0.25) is 9.59 Å². The summed E-state index contributed by atoms with van der Waals surface area (Å²) in [6.45, 7) is 8.03. The first-order chi connectivity index (χ1) is 17.8. The fraction of sp³-hybridized carbons (Fsp3) is 0.577. The molecule has 0 spiro atoms. The Morgan fingerprint density at radius 3 is 2.47 bits per heavy atom. The first kappa shape index (κ1) is 28.5. The fourth-order valence-corrected chi connectivity index (χ4v) is 7.43. The summed E-state index contributed by atoms with van der Waals surface area (Å²) in [4.78, 5) is 31.8. The van der Waals surface area contributed by atoms with Crippen LogP contribution in [0.5, 0.6) is 0 Å². The van der Waals surface area contributed by atoms with Gasteiger partial charge in [0.15, 0.2) is 15.7 Å². The molecule has 0 radical (unpaired) electrons. The SMILES string of the molecule is CC(C)NC[C@H](O)C(C)(C)S(=O)(=O)C1(CN2CCn3c(cnc3C(=O)NCc3ccc(Cl)cc3)C2=O)CC1. The van der Waals surface area contributed by atoms with Crippen molar-refractivity contribution in [2.75, 3.05) is 19.6 Å². The van der Waals surface area contributed by atoms with E-state index in [0.717, 1.165) is 5.56 Å². The minimum Gasteiger partial charge on any atom is -0.390 e. The molecular weight excluding hydrogens is 530 g/mol. The van der Waals surface area contributed by atoms with Crippen molar-refractivity contribution in [3.63, 3.8) is 0 Å². The summed E-state index contributed by atoms with van der Waals surface area (Å²) in [5.74, 6) is -0.626. The summed E-state index contributed by atoms with van der Waals surface area (Å²) < 4.78 is 26.6. The van der Waals surface area contributed by atoms with Gasteiger partial charge in [-0.1, -0.05) is 37.6 Å². The van der Waals surface area contributed by atoms with E-state index < -0.39 is 31.3 Å². The van der Waals surface area contributed by atoms with Gasteiger partial charge in [-0.15, -0.1) is 0 Å². The lowest BCUT2D eigenvalue weighted by molar-refractivity contribution is 0.0697. The third-order valence-electron chi connectivity index (χ3n) is 7.60. The van der Waals surface area contributed by atoms with Gasteiger partial charge < -0.3 is 25.2 Å². The van der Waals surface area contributed by atoms with Gasteiger partial charge in [0, 0.05) is 43.8 Å². The Balaban J connectivity index is 1.44. The van der Waals surface area contributed by atoms with Crippen LogP contribution in [0.15, 0.2) is 30.5 Å². The van der Waals surface area contributed by atoms with Crippen LogP contribution in [0.3, 0.4) is 0 Å². The van der Waals surface area contributed by atoms with Crippen molar-refractivity contribution in [1.82, 2.24) is 25.1 Å². The quantitative estimate of drug-likeness (QED) is 0.379. The number of nitrogens with zero attached hydrogens (tertiary/aromatic N) is 3. The second-order valence-electron chi connectivity index (χ2n) is 11.0. The minimum atomic E-state index is -3.80. The number of benzene rings is 1. The molecule has 10 nitrogen and oxygen atoms in total. The van der Waals surface area contributed by atoms with Crippen LogP contribution in [-0.2, 0) is 22.9 Å². The van der Waals surface area contributed by atoms with Crippen LogP contribution >= 0.6 is 11.6 Å². The summed E-state index contributed by atoms with van der Waals surface area (Å²) >= 11 is 5.90. The van der Waals surface area contributed by atoms with Gasteiger partial charge in [0.2, 0.25) is 0 Å². The zero-order chi connectivity index (χ0) is 27.9. The van der Waals surface area contributed by atoms with Gasteiger partial charge in [-0.2, -0.15) is 0 Å². The average molecular weight is 566 g/mol. The Morgan fingerprint density at radius 2 is 1.87 bits per heavy atom. The number of carbonyl (C=O) groups is 2. The molecule has 2 heterocycles. The number of sulfone groups is 1. The summed E-state index contributed by atoms with van der Waals surface area (Å²) in [5, 5.41) is 17.3. The van der Waals surface area contributed by atoms with Gasteiger partial charge in [0.25, 0.3) is 11.8 Å². The summed E-state index contributed by atoms with van der Waals surface area (Å²) in [5.41, 5.74) is 1.13. The monoisotopic (exact) mass is 565 g/mol. The molecule has 2 amide bonds. The van der Waals surface area contributed by atoms with Crippen molar-refractivity contribution in [3.8, 4) is 0 Å². The predicted octanol–water partition coefficient (Wildman–Crippen LogP) is 2.01. The number of fused-ring (bicyclic) bond motifs is 1. The Hall–Kier alpha value is -2.47. The zero-order valence-corrected chi connectivity index (χ0v) is 23.8. The maximum absolute atomic E-state index is 13.7. The lowest BCUT2D eigenvalue weighted by Gasteiger charge is -2.37. The van der Waals surface area contributed by atoms with Gasteiger partial charge in [-0.05, 0) is 44.4 Å². The number of amides is 2. The van der Waals surface area contributed by atoms with Crippen LogP contribution in [0.1, 0.15) is 67.2 Å². The number of aliphatic hydroxyl groups excluding tert-OH is 1. The zero-order valence-electron chi connectivity index (χ0n) is 22.2. The topological polar surface area (TPSA) is 134 Å². The normalized spacial score (nSPS) is 17.9. The number of rotatable bonds is 11. The van der Waals surface area contributed by atoms with E-state index >= 15 is 0 Å². The minimum absolute atomic E-state index is 0.0468. The molecule has 0 unspecified atom stereocenters. The van der Waals surface area contributed by atoms with Crippen molar-refractivity contribution in [3.05, 3.63) is 52.6 Å². The van der Waals surface area contributed by atoms with E-state index in [1.54, 1.807) is 30.5 Å². The highest BCUT2D eigenvalue weighted by Gasteiger charge is 2.62. The number of aromatic nitrogens is 2. The van der Waals surface area contributed by atoms with E-state index in [9.17, 15) is 23.1 Å². The van der Waals surface area contributed by atoms with Gasteiger partial charge in [0.1, 0.15) is 5.69 Å². The second kappa shape index (κ2) is 10.6. The van der Waals surface area contributed by atoms with Gasteiger partial charge in [0.05, 0.1) is 21.8 Å². The summed E-state index contributed by atoms with van der Waals surface area (Å²) in [6, 6.07) is 7.22. The highest BCUT2D eigenvalue weighted by atomic mass is 35.5. The number of carbonyl (C=O) groups excluding carboxylic acids is 2. The molecule has 1 saturated carbocycles. The highest BCUT2D eigenvalue weighted by Crippen LogP contribution is 2.49. The molecule has 1 atom stereocenters. The van der Waals surface area contributed by atoms with E-state index in [4.69, 9.17) is 11.6 Å². The molecule has 208 valence electrons. The van der Waals surface area contributed by atoms with Gasteiger partial charge in [-0.25, -0.2) is 13.4 Å². The number of halogens is 1. The smallest absolute Gasteiger partial charge is 0.287 e. The molecule has 1 aromatic carbocycles. The molecule has 0 bridgehead atoms. The number of hydrogen-bond acceptors (Lipinski definition) is 7. The Bertz CT molecular complexity index is 1300. The number of nitrogens with one attached hydrogen (secondary N) is 2. The summed E-state index contributed by atoms with van der Waals surface area (Å²) in [7, 11) is -3.80. The first-order valence-corrected chi connectivity index (χ1v) is 14.7. The van der Waals surface area contributed by atoms with Crippen LogP contribution in [0, 0.1) is 0 Å². The largest absolute Gasteiger partial charge is 0.390 e. The van der Waals surface area contributed by atoms with Crippen LogP contribution in [0.25, 0.3) is 0 Å². The van der Waals surface area contributed by atoms with Crippen LogP contribution < -0.4 is 10.6 Å². The van der Waals surface area contributed by atoms with Crippen LogP contribution in [0.2, 0.25) is 5.02 Å². The molecule has 12 heteroatoms. The number of aliphatic hydroxyl groups is 1. The third kappa shape index (κ3) is 5.34. The standard InChI is InChI=1S/C26H36ClN5O5S/c1-17(2)28-15-21(33)25(3,4)38(36,37)26(9-10-26)16-31-11-12-32-20(24(31)35)14-29-22(32)23(34)30-13-18-5-7-19(27)8-6-18/h5-8,14,17,21,28,33H,9-13,15-16H2,1-4H3,(H,30,34)/t21-/m0/s1. The van der Waals surface area contributed by atoms with E-state index in [1.165, 1.54) is 11.1 Å². The molecule has 2 aliphatic rings. The maximum Gasteiger partial charge on any atom is 0.287 e. The number of imidazole rings is 1. The molecule has 1 aromatic heterocycles. The Morgan fingerprint density at radius 1 is 1.21 bits per heavy atom. The van der Waals surface area contributed by atoms with E-state index in [0.29, 0.717) is 24.4 Å². The fourth-order valence-electron chi connectivity index (χ4n) is 4.78. The Labute approximate surface area is 228 Å². The predicted molar refractivity (Wildman–Crippen MR) is 145 cm³/mol. The van der Waals surface area contributed by atoms with Crippen molar-refractivity contribution in [1.29, 1.82) is 0 Å². The maximum atomic E-state index is 13.7. The first-order valence-electron chi connectivity index (χ1n) is 12.8. The van der Waals surface area contributed by atoms with Crippen LogP contribution in [-0.4, -0.2) is 81.1 Å². The summed E-state index contributed by atoms with van der Waals surface area (Å²) in [6.07, 6.45) is 1.14. The molecule has 38 heavy (non-hydrogen) atoms. The van der Waals surface area contributed by atoms with E-state index in [1.807, 2.05) is 26.0 Å². The second-order valence-corrected chi connectivity index (χ2v) is 14.4. The molecule has 2 aromatic rings. The van der Waals surface area contributed by atoms with Crippen molar-refractivity contribution >= 4 is 33.3 Å². The van der Waals surface area contributed by atoms with Crippen molar-refractivity contribution < 1.29 is 23.1 Å². The lowest BCUT2D eigenvalue weighted by atomic mass is 10.1. The molecule has 4 rings (SSSR count). The molecule has 3 N–H and O–H groups in total.